The van der Waals surface area contributed by atoms with Gasteiger partial charge in [-0.05, 0) is 11.6 Å². The van der Waals surface area contributed by atoms with Gasteiger partial charge in [0.1, 0.15) is 0 Å². The number of hydrogen-bond acceptors (Lipinski definition) is 5. The monoisotopic (exact) mass is 263 g/mol. The van der Waals surface area contributed by atoms with Crippen molar-refractivity contribution in [3.05, 3.63) is 52.2 Å². The number of carbonyl (C=O) groups is 1. The Morgan fingerprint density at radius 2 is 2.17 bits per heavy atom. The van der Waals surface area contributed by atoms with E-state index in [1.54, 1.807) is 12.1 Å². The van der Waals surface area contributed by atoms with Crippen molar-refractivity contribution in [2.24, 2.45) is 0 Å². The molecule has 0 aliphatic carbocycles. The van der Waals surface area contributed by atoms with Crippen molar-refractivity contribution in [3.63, 3.8) is 0 Å². The molecular weight excluding hydrogens is 254 g/mol. The average molecular weight is 263 g/mol. The molecule has 7 heteroatoms. The molecule has 0 bridgehead atoms. The van der Waals surface area contributed by atoms with Crippen LogP contribution in [0.2, 0.25) is 0 Å². The molecule has 0 spiro atoms. The maximum atomic E-state index is 11.1. The molecule has 0 aliphatic rings. The third kappa shape index (κ3) is 2.95. The minimum atomic E-state index is -1.07. The molecule has 2 rings (SSSR count). The van der Waals surface area contributed by atoms with Crippen molar-refractivity contribution in [1.82, 2.24) is 15.0 Å². The van der Waals surface area contributed by atoms with Crippen molar-refractivity contribution in [2.75, 3.05) is 0 Å². The fourth-order valence-corrected chi connectivity index (χ4v) is 2.15. The highest BCUT2D eigenvalue weighted by molar-refractivity contribution is 7.98. The summed E-state index contributed by atoms with van der Waals surface area (Å²) in [7, 11) is 0. The lowest BCUT2D eigenvalue weighted by atomic mass is 10.2. The normalized spacial score (nSPS) is 10.2. The number of hydrogen-bond donors (Lipinski definition) is 2. The van der Waals surface area contributed by atoms with E-state index >= 15 is 0 Å². The highest BCUT2D eigenvalue weighted by Gasteiger charge is 2.11. The smallest absolute Gasteiger partial charge is 0.354 e. The van der Waals surface area contributed by atoms with Crippen LogP contribution in [0.1, 0.15) is 16.1 Å². The first-order valence-corrected chi connectivity index (χ1v) is 6.00. The number of aromatic amines is 1. The van der Waals surface area contributed by atoms with E-state index in [4.69, 9.17) is 5.11 Å². The highest BCUT2D eigenvalue weighted by atomic mass is 32.2. The summed E-state index contributed by atoms with van der Waals surface area (Å²) in [6.07, 6.45) is 2.84. The van der Waals surface area contributed by atoms with Gasteiger partial charge in [-0.2, -0.15) is 0 Å². The molecule has 0 saturated heterocycles. The molecular formula is C11H9N3O3S. The van der Waals surface area contributed by atoms with Gasteiger partial charge in [0.2, 0.25) is 0 Å². The standard InChI is InChI=1S/C11H9N3O3S/c15-8-3-5-13-11(14-8)18-6-7-2-1-4-12-9(7)10(16)17/h1-5H,6H2,(H,16,17)(H,13,14,15). The van der Waals surface area contributed by atoms with Crippen molar-refractivity contribution in [3.8, 4) is 0 Å². The van der Waals surface area contributed by atoms with Gasteiger partial charge in [-0.1, -0.05) is 17.8 Å². The minimum absolute atomic E-state index is 0.0169. The summed E-state index contributed by atoms with van der Waals surface area (Å²) in [5.74, 6) is -0.691. The van der Waals surface area contributed by atoms with Gasteiger partial charge in [-0.25, -0.2) is 14.8 Å². The maximum absolute atomic E-state index is 11.1. The predicted octanol–water partition coefficient (Wildman–Crippen LogP) is 1.16. The summed E-state index contributed by atoms with van der Waals surface area (Å²) in [5, 5.41) is 9.41. The van der Waals surface area contributed by atoms with Crippen molar-refractivity contribution >= 4 is 17.7 Å². The lowest BCUT2D eigenvalue weighted by molar-refractivity contribution is 0.0689. The van der Waals surface area contributed by atoms with E-state index in [2.05, 4.69) is 15.0 Å². The summed E-state index contributed by atoms with van der Waals surface area (Å²) in [5.41, 5.74) is 0.363. The van der Waals surface area contributed by atoms with E-state index in [-0.39, 0.29) is 11.3 Å². The molecule has 6 nitrogen and oxygen atoms in total. The molecule has 0 fully saturated rings. The molecule has 2 aromatic rings. The lowest BCUT2D eigenvalue weighted by Crippen LogP contribution is -2.07. The van der Waals surface area contributed by atoms with Gasteiger partial charge in [0.05, 0.1) is 0 Å². The fourth-order valence-electron chi connectivity index (χ4n) is 1.32. The molecule has 0 radical (unpaired) electrons. The summed E-state index contributed by atoms with van der Waals surface area (Å²) in [4.78, 5) is 32.3. The van der Waals surface area contributed by atoms with Gasteiger partial charge in [0, 0.05) is 24.2 Å². The first-order chi connectivity index (χ1) is 8.66. The second-order valence-electron chi connectivity index (χ2n) is 3.34. The molecule has 0 atom stereocenters. The van der Waals surface area contributed by atoms with Crippen molar-refractivity contribution in [2.45, 2.75) is 10.9 Å². The van der Waals surface area contributed by atoms with Crippen LogP contribution in [0.5, 0.6) is 0 Å². The number of H-pyrrole nitrogens is 1. The van der Waals surface area contributed by atoms with Crippen LogP contribution < -0.4 is 5.56 Å². The van der Waals surface area contributed by atoms with Crippen LogP contribution in [-0.2, 0) is 5.75 Å². The molecule has 2 aromatic heterocycles. The Bertz CT molecular complexity index is 627. The molecule has 0 amide bonds. The van der Waals surface area contributed by atoms with E-state index in [0.29, 0.717) is 16.5 Å². The summed E-state index contributed by atoms with van der Waals surface area (Å²) >= 11 is 1.25. The third-order valence-electron chi connectivity index (χ3n) is 2.11. The number of rotatable bonds is 4. The van der Waals surface area contributed by atoms with Gasteiger partial charge >= 0.3 is 5.97 Å². The number of thioether (sulfide) groups is 1. The van der Waals surface area contributed by atoms with Crippen molar-refractivity contribution in [1.29, 1.82) is 0 Å². The Morgan fingerprint density at radius 3 is 2.89 bits per heavy atom. The zero-order valence-electron chi connectivity index (χ0n) is 9.16. The van der Waals surface area contributed by atoms with Gasteiger partial charge in [-0.15, -0.1) is 0 Å². The molecule has 92 valence electrons. The number of pyridine rings is 1. The molecule has 18 heavy (non-hydrogen) atoms. The molecule has 2 N–H and O–H groups in total. The first-order valence-electron chi connectivity index (χ1n) is 5.02. The summed E-state index contributed by atoms with van der Waals surface area (Å²) in [6, 6.07) is 4.67. The second kappa shape index (κ2) is 5.46. The number of aromatic carboxylic acids is 1. The third-order valence-corrected chi connectivity index (χ3v) is 3.04. The zero-order chi connectivity index (χ0) is 13.0. The lowest BCUT2D eigenvalue weighted by Gasteiger charge is -2.03. The number of carboxylic acids is 1. The SMILES string of the molecule is O=C(O)c1ncccc1CSc1nccc(=O)[nH]1. The second-order valence-corrected chi connectivity index (χ2v) is 4.31. The Kier molecular flexibility index (Phi) is 3.73. The zero-order valence-corrected chi connectivity index (χ0v) is 9.98. The van der Waals surface area contributed by atoms with Crippen molar-refractivity contribution < 1.29 is 9.90 Å². The van der Waals surface area contributed by atoms with Crippen LogP contribution in [-0.4, -0.2) is 26.0 Å². The quantitative estimate of drug-likeness (QED) is 0.634. The van der Waals surface area contributed by atoms with Crippen LogP contribution in [0.3, 0.4) is 0 Å². The Labute approximate surface area is 106 Å². The van der Waals surface area contributed by atoms with E-state index < -0.39 is 5.97 Å². The van der Waals surface area contributed by atoms with Gasteiger partial charge in [0.15, 0.2) is 10.9 Å². The van der Waals surface area contributed by atoms with E-state index in [9.17, 15) is 9.59 Å². The van der Waals surface area contributed by atoms with Crippen LogP contribution in [0, 0.1) is 0 Å². The Hall–Kier alpha value is -2.15. The van der Waals surface area contributed by atoms with E-state index in [1.165, 1.54) is 30.2 Å². The molecule has 2 heterocycles. The fraction of sp³-hybridized carbons (Fsp3) is 0.0909. The van der Waals surface area contributed by atoms with Crippen LogP contribution in [0.4, 0.5) is 0 Å². The van der Waals surface area contributed by atoms with E-state index in [1.807, 2.05) is 0 Å². The van der Waals surface area contributed by atoms with Crippen LogP contribution in [0.15, 0.2) is 40.5 Å². The summed E-state index contributed by atoms with van der Waals surface area (Å²) < 4.78 is 0. The molecule has 0 unspecified atom stereocenters. The largest absolute Gasteiger partial charge is 0.477 e. The topological polar surface area (TPSA) is 95.9 Å². The van der Waals surface area contributed by atoms with E-state index in [0.717, 1.165) is 0 Å². The maximum Gasteiger partial charge on any atom is 0.354 e. The Morgan fingerprint density at radius 1 is 1.33 bits per heavy atom. The molecule has 0 saturated carbocycles. The number of aromatic nitrogens is 3. The first kappa shape index (κ1) is 12.3. The number of nitrogens with zero attached hydrogens (tertiary/aromatic N) is 2. The highest BCUT2D eigenvalue weighted by Crippen LogP contribution is 2.19. The van der Waals surface area contributed by atoms with Crippen LogP contribution >= 0.6 is 11.8 Å². The number of carboxylic acid groups (broad SMARTS) is 1. The molecule has 0 aliphatic heterocycles. The predicted molar refractivity (Wildman–Crippen MR) is 65.6 cm³/mol. The van der Waals surface area contributed by atoms with Crippen LogP contribution in [0.25, 0.3) is 0 Å². The Balaban J connectivity index is 2.16. The minimum Gasteiger partial charge on any atom is -0.477 e. The number of nitrogens with one attached hydrogen (secondary N) is 1. The summed E-state index contributed by atoms with van der Waals surface area (Å²) in [6.45, 7) is 0. The average Bonchev–Trinajstić information content (AvgIpc) is 2.37. The van der Waals surface area contributed by atoms with Gasteiger partial charge in [-0.3, -0.25) is 4.79 Å². The van der Waals surface area contributed by atoms with Gasteiger partial charge < -0.3 is 10.1 Å². The molecule has 0 aromatic carbocycles. The van der Waals surface area contributed by atoms with Gasteiger partial charge in [0.25, 0.3) is 5.56 Å².